The molecule has 2 aliphatic rings. The molecular formula is C22H17FN2O3. The molecule has 0 aromatic heterocycles. The minimum absolute atomic E-state index is 0.0821. The maximum absolute atomic E-state index is 13.3. The van der Waals surface area contributed by atoms with Gasteiger partial charge in [-0.1, -0.05) is 30.3 Å². The van der Waals surface area contributed by atoms with Crippen molar-refractivity contribution in [1.29, 1.82) is 0 Å². The van der Waals surface area contributed by atoms with Crippen LogP contribution in [0.15, 0.2) is 66.7 Å². The van der Waals surface area contributed by atoms with Crippen LogP contribution < -0.4 is 14.8 Å². The van der Waals surface area contributed by atoms with Crippen LogP contribution in [0.1, 0.15) is 27.7 Å². The van der Waals surface area contributed by atoms with Gasteiger partial charge in [0.05, 0.1) is 5.56 Å². The standard InChI is InChI=1S/C22H17FN2O3/c23-16-8-5-14(6-9-16)12-25-21(15-7-10-19-20(11-15)28-13-27-19)24-18-4-2-1-3-17(18)22(25)26/h1-11,21,24H,12-13H2/t21-/m0/s1. The topological polar surface area (TPSA) is 50.8 Å². The van der Waals surface area contributed by atoms with Gasteiger partial charge in [-0.05, 0) is 47.5 Å². The van der Waals surface area contributed by atoms with Gasteiger partial charge in [-0.3, -0.25) is 4.79 Å². The Bertz CT molecular complexity index is 1050. The average molecular weight is 376 g/mol. The van der Waals surface area contributed by atoms with Crippen LogP contribution in [0.3, 0.4) is 0 Å². The van der Waals surface area contributed by atoms with Crippen molar-refractivity contribution in [3.05, 3.63) is 89.2 Å². The van der Waals surface area contributed by atoms with E-state index >= 15 is 0 Å². The number of rotatable bonds is 3. The van der Waals surface area contributed by atoms with Gasteiger partial charge in [0.1, 0.15) is 12.0 Å². The molecule has 5 rings (SSSR count). The molecular weight excluding hydrogens is 359 g/mol. The Morgan fingerprint density at radius 3 is 2.64 bits per heavy atom. The summed E-state index contributed by atoms with van der Waals surface area (Å²) in [5, 5.41) is 3.45. The highest BCUT2D eigenvalue weighted by atomic mass is 19.1. The third kappa shape index (κ3) is 2.83. The van der Waals surface area contributed by atoms with Crippen molar-refractivity contribution in [3.8, 4) is 11.5 Å². The molecule has 0 saturated carbocycles. The lowest BCUT2D eigenvalue weighted by molar-refractivity contribution is 0.0666. The molecule has 0 bridgehead atoms. The van der Waals surface area contributed by atoms with Crippen LogP contribution in [0.4, 0.5) is 10.1 Å². The first-order valence-corrected chi connectivity index (χ1v) is 8.99. The van der Waals surface area contributed by atoms with Gasteiger partial charge >= 0.3 is 0 Å². The number of ether oxygens (including phenoxy) is 2. The predicted octanol–water partition coefficient (Wildman–Crippen LogP) is 4.32. The summed E-state index contributed by atoms with van der Waals surface area (Å²) in [5.74, 6) is 0.967. The van der Waals surface area contributed by atoms with Crippen molar-refractivity contribution >= 4 is 11.6 Å². The van der Waals surface area contributed by atoms with Crippen molar-refractivity contribution < 1.29 is 18.7 Å². The van der Waals surface area contributed by atoms with Crippen LogP contribution in [0.5, 0.6) is 11.5 Å². The summed E-state index contributed by atoms with van der Waals surface area (Å²) in [6, 6.07) is 19.3. The molecule has 3 aromatic carbocycles. The quantitative estimate of drug-likeness (QED) is 0.740. The van der Waals surface area contributed by atoms with Crippen LogP contribution in [0.2, 0.25) is 0 Å². The first-order chi connectivity index (χ1) is 13.7. The zero-order chi connectivity index (χ0) is 19.1. The summed E-state index contributed by atoms with van der Waals surface area (Å²) in [4.78, 5) is 15.0. The van der Waals surface area contributed by atoms with E-state index < -0.39 is 0 Å². The summed E-state index contributed by atoms with van der Waals surface area (Å²) >= 11 is 0. The fourth-order valence-corrected chi connectivity index (χ4v) is 3.59. The highest BCUT2D eigenvalue weighted by Crippen LogP contribution is 2.39. The van der Waals surface area contributed by atoms with E-state index in [-0.39, 0.29) is 24.7 Å². The SMILES string of the molecule is O=C1c2ccccc2N[C@H](c2ccc3c(c2)OCO3)N1Cc1ccc(F)cc1. The minimum atomic E-state index is -0.387. The number of carbonyl (C=O) groups is 1. The number of hydrogen-bond donors (Lipinski definition) is 1. The number of anilines is 1. The van der Waals surface area contributed by atoms with Crippen molar-refractivity contribution in [2.24, 2.45) is 0 Å². The van der Waals surface area contributed by atoms with Crippen LogP contribution in [0.25, 0.3) is 0 Å². The number of amides is 1. The Morgan fingerprint density at radius 1 is 1.00 bits per heavy atom. The van der Waals surface area contributed by atoms with E-state index in [4.69, 9.17) is 9.47 Å². The second-order valence-corrected chi connectivity index (χ2v) is 6.76. The van der Waals surface area contributed by atoms with Crippen LogP contribution >= 0.6 is 0 Å². The fourth-order valence-electron chi connectivity index (χ4n) is 3.59. The molecule has 5 nitrogen and oxygen atoms in total. The minimum Gasteiger partial charge on any atom is -0.454 e. The van der Waals surface area contributed by atoms with Crippen molar-refractivity contribution in [1.82, 2.24) is 4.90 Å². The Morgan fingerprint density at radius 2 is 1.79 bits per heavy atom. The number of nitrogens with zero attached hydrogens (tertiary/aromatic N) is 1. The Labute approximate surface area is 161 Å². The molecule has 0 radical (unpaired) electrons. The third-order valence-corrected chi connectivity index (χ3v) is 5.00. The van der Waals surface area contributed by atoms with Gasteiger partial charge in [-0.15, -0.1) is 0 Å². The van der Waals surface area contributed by atoms with Gasteiger partial charge in [-0.2, -0.15) is 0 Å². The van der Waals surface area contributed by atoms with E-state index in [0.29, 0.717) is 23.6 Å². The third-order valence-electron chi connectivity index (χ3n) is 5.00. The number of carbonyl (C=O) groups excluding carboxylic acids is 1. The first-order valence-electron chi connectivity index (χ1n) is 8.99. The molecule has 0 spiro atoms. The maximum Gasteiger partial charge on any atom is 0.258 e. The number of benzene rings is 3. The van der Waals surface area contributed by atoms with E-state index in [2.05, 4.69) is 5.32 Å². The zero-order valence-corrected chi connectivity index (χ0v) is 14.9. The molecule has 2 heterocycles. The summed E-state index contributed by atoms with van der Waals surface area (Å²) in [6.45, 7) is 0.539. The number of hydrogen-bond acceptors (Lipinski definition) is 4. The number of nitrogens with one attached hydrogen (secondary N) is 1. The molecule has 3 aromatic rings. The molecule has 0 unspecified atom stereocenters. The molecule has 28 heavy (non-hydrogen) atoms. The van der Waals surface area contributed by atoms with Gasteiger partial charge in [0.2, 0.25) is 6.79 Å². The lowest BCUT2D eigenvalue weighted by Crippen LogP contribution is -2.42. The second-order valence-electron chi connectivity index (χ2n) is 6.76. The van der Waals surface area contributed by atoms with E-state index in [0.717, 1.165) is 16.8 Å². The second kappa shape index (κ2) is 6.56. The number of para-hydroxylation sites is 1. The van der Waals surface area contributed by atoms with Crippen molar-refractivity contribution in [2.45, 2.75) is 12.7 Å². The van der Waals surface area contributed by atoms with Crippen LogP contribution in [-0.2, 0) is 6.54 Å². The van der Waals surface area contributed by atoms with Crippen molar-refractivity contribution in [2.75, 3.05) is 12.1 Å². The van der Waals surface area contributed by atoms with E-state index in [1.54, 1.807) is 23.1 Å². The van der Waals surface area contributed by atoms with Gasteiger partial charge in [-0.25, -0.2) is 4.39 Å². The molecule has 2 aliphatic heterocycles. The van der Waals surface area contributed by atoms with Gasteiger partial charge < -0.3 is 19.7 Å². The smallest absolute Gasteiger partial charge is 0.258 e. The molecule has 0 aliphatic carbocycles. The lowest BCUT2D eigenvalue weighted by atomic mass is 10.0. The van der Waals surface area contributed by atoms with E-state index in [1.807, 2.05) is 36.4 Å². The highest BCUT2D eigenvalue weighted by Gasteiger charge is 2.33. The fraction of sp³-hybridized carbons (Fsp3) is 0.136. The molecule has 0 fully saturated rings. The van der Waals surface area contributed by atoms with Crippen molar-refractivity contribution in [3.63, 3.8) is 0 Å². The molecule has 0 saturated heterocycles. The van der Waals surface area contributed by atoms with Crippen LogP contribution in [-0.4, -0.2) is 17.6 Å². The Kier molecular flexibility index (Phi) is 3.90. The summed E-state index contributed by atoms with van der Waals surface area (Å²) in [5.41, 5.74) is 3.13. The Balaban J connectivity index is 1.55. The number of fused-ring (bicyclic) bond motifs is 2. The highest BCUT2D eigenvalue weighted by molar-refractivity contribution is 6.01. The maximum atomic E-state index is 13.3. The van der Waals surface area contributed by atoms with Gasteiger partial charge in [0.25, 0.3) is 5.91 Å². The molecule has 6 heteroatoms. The van der Waals surface area contributed by atoms with E-state index in [9.17, 15) is 9.18 Å². The molecule has 1 atom stereocenters. The number of halogens is 1. The summed E-state index contributed by atoms with van der Waals surface area (Å²) < 4.78 is 24.2. The first kappa shape index (κ1) is 16.6. The monoisotopic (exact) mass is 376 g/mol. The van der Waals surface area contributed by atoms with Gasteiger partial charge in [0.15, 0.2) is 11.5 Å². The average Bonchev–Trinajstić information content (AvgIpc) is 3.19. The largest absolute Gasteiger partial charge is 0.454 e. The molecule has 140 valence electrons. The summed E-state index contributed by atoms with van der Waals surface area (Å²) in [7, 11) is 0. The summed E-state index contributed by atoms with van der Waals surface area (Å²) in [6.07, 6.45) is -0.387. The van der Waals surface area contributed by atoms with Crippen LogP contribution in [0, 0.1) is 5.82 Å². The van der Waals surface area contributed by atoms with Gasteiger partial charge in [0, 0.05) is 12.2 Å². The molecule has 1 amide bonds. The lowest BCUT2D eigenvalue weighted by Gasteiger charge is -2.38. The predicted molar refractivity (Wildman–Crippen MR) is 102 cm³/mol. The molecule has 1 N–H and O–H groups in total. The zero-order valence-electron chi connectivity index (χ0n) is 14.9. The Hall–Kier alpha value is -3.54. The van der Waals surface area contributed by atoms with E-state index in [1.165, 1.54) is 12.1 Å². The normalized spacial score (nSPS) is 17.2.